The average molecular weight is 368 g/mol. The first kappa shape index (κ1) is 18.7. The van der Waals surface area contributed by atoms with E-state index in [0.717, 1.165) is 18.7 Å². The van der Waals surface area contributed by atoms with Gasteiger partial charge in [0.05, 0.1) is 13.7 Å². The number of benzene rings is 1. The maximum Gasteiger partial charge on any atom is 0.246 e. The lowest BCUT2D eigenvalue weighted by Crippen LogP contribution is -2.48. The number of hydrogen-bond acceptors (Lipinski definition) is 6. The van der Waals surface area contributed by atoms with Crippen LogP contribution in [-0.2, 0) is 4.79 Å². The van der Waals surface area contributed by atoms with Gasteiger partial charge in [-0.05, 0) is 36.8 Å². The molecule has 142 valence electrons. The summed E-state index contributed by atoms with van der Waals surface area (Å²) in [6, 6.07) is 7.41. The number of methoxy groups -OCH3 is 1. The van der Waals surface area contributed by atoms with Crippen LogP contribution in [0.15, 0.2) is 42.7 Å². The molecule has 1 aliphatic rings. The van der Waals surface area contributed by atoms with Crippen LogP contribution in [0.2, 0.25) is 0 Å². The molecule has 0 atom stereocenters. The molecule has 3 rings (SSSR count). The zero-order valence-electron chi connectivity index (χ0n) is 15.7. The Morgan fingerprint density at radius 2 is 1.89 bits per heavy atom. The van der Waals surface area contributed by atoms with Crippen molar-refractivity contribution in [2.45, 2.75) is 6.92 Å². The Bertz CT molecular complexity index is 787. The predicted molar refractivity (Wildman–Crippen MR) is 104 cm³/mol. The van der Waals surface area contributed by atoms with Gasteiger partial charge in [-0.2, -0.15) is 0 Å². The summed E-state index contributed by atoms with van der Waals surface area (Å²) < 4.78 is 10.9. The summed E-state index contributed by atoms with van der Waals surface area (Å²) in [7, 11) is 1.61. The minimum atomic E-state index is -0.00240. The molecule has 1 saturated heterocycles. The topological polar surface area (TPSA) is 67.8 Å². The maximum atomic E-state index is 12.5. The van der Waals surface area contributed by atoms with Gasteiger partial charge in [0.25, 0.3) is 0 Å². The third-order valence-corrected chi connectivity index (χ3v) is 4.33. The van der Waals surface area contributed by atoms with E-state index in [2.05, 4.69) is 14.9 Å². The molecule has 1 aromatic heterocycles. The highest BCUT2D eigenvalue weighted by atomic mass is 16.5. The first-order valence-electron chi connectivity index (χ1n) is 9.01. The molecule has 1 aromatic carbocycles. The standard InChI is InChI=1S/C20H24N4O3/c1-3-27-18-15-16(5-7-17(18)26-2)6-8-19(25)23-11-13-24(14-12-23)20-21-9-4-10-22-20/h4-10,15H,3,11-14H2,1-2H3/b8-6+. The van der Waals surface area contributed by atoms with Crippen LogP contribution in [0.3, 0.4) is 0 Å². The van der Waals surface area contributed by atoms with E-state index in [9.17, 15) is 4.79 Å². The van der Waals surface area contributed by atoms with E-state index in [0.29, 0.717) is 37.1 Å². The Kier molecular flexibility index (Phi) is 6.25. The summed E-state index contributed by atoms with van der Waals surface area (Å²) in [4.78, 5) is 24.9. The van der Waals surface area contributed by atoms with Crippen molar-refractivity contribution in [2.24, 2.45) is 0 Å². The fraction of sp³-hybridized carbons (Fsp3) is 0.350. The van der Waals surface area contributed by atoms with Crippen LogP contribution in [0.5, 0.6) is 11.5 Å². The molecule has 0 N–H and O–H groups in total. The normalized spacial score (nSPS) is 14.4. The Morgan fingerprint density at radius 1 is 1.15 bits per heavy atom. The molecule has 2 heterocycles. The number of hydrogen-bond donors (Lipinski definition) is 0. The average Bonchev–Trinajstić information content (AvgIpc) is 2.73. The van der Waals surface area contributed by atoms with Gasteiger partial charge >= 0.3 is 0 Å². The van der Waals surface area contributed by atoms with Crippen molar-refractivity contribution < 1.29 is 14.3 Å². The van der Waals surface area contributed by atoms with Crippen LogP contribution in [-0.4, -0.2) is 60.7 Å². The number of ether oxygens (including phenoxy) is 2. The van der Waals surface area contributed by atoms with Crippen molar-refractivity contribution in [1.82, 2.24) is 14.9 Å². The van der Waals surface area contributed by atoms with E-state index in [4.69, 9.17) is 9.47 Å². The molecule has 0 spiro atoms. The molecule has 1 aliphatic heterocycles. The smallest absolute Gasteiger partial charge is 0.246 e. The van der Waals surface area contributed by atoms with Gasteiger partial charge in [-0.15, -0.1) is 0 Å². The number of anilines is 1. The number of aromatic nitrogens is 2. The van der Waals surface area contributed by atoms with E-state index < -0.39 is 0 Å². The van der Waals surface area contributed by atoms with Crippen LogP contribution in [0.1, 0.15) is 12.5 Å². The van der Waals surface area contributed by atoms with E-state index in [1.54, 1.807) is 37.7 Å². The van der Waals surface area contributed by atoms with Gasteiger partial charge in [-0.1, -0.05) is 6.07 Å². The van der Waals surface area contributed by atoms with E-state index in [-0.39, 0.29) is 5.91 Å². The quantitative estimate of drug-likeness (QED) is 0.729. The molecule has 0 aliphatic carbocycles. The summed E-state index contributed by atoms with van der Waals surface area (Å²) in [6.07, 6.45) is 6.87. The second-order valence-electron chi connectivity index (χ2n) is 6.04. The number of rotatable bonds is 6. The largest absolute Gasteiger partial charge is 0.493 e. The number of carbonyl (C=O) groups excluding carboxylic acids is 1. The van der Waals surface area contributed by atoms with Crippen molar-refractivity contribution >= 4 is 17.9 Å². The molecular formula is C20H24N4O3. The minimum absolute atomic E-state index is 0.00240. The lowest BCUT2D eigenvalue weighted by atomic mass is 10.2. The van der Waals surface area contributed by atoms with Crippen molar-refractivity contribution in [3.05, 3.63) is 48.3 Å². The van der Waals surface area contributed by atoms with E-state index in [1.165, 1.54) is 0 Å². The monoisotopic (exact) mass is 368 g/mol. The Morgan fingerprint density at radius 3 is 2.56 bits per heavy atom. The van der Waals surface area contributed by atoms with Crippen molar-refractivity contribution in [1.29, 1.82) is 0 Å². The third-order valence-electron chi connectivity index (χ3n) is 4.33. The molecule has 1 fully saturated rings. The zero-order valence-corrected chi connectivity index (χ0v) is 15.7. The van der Waals surface area contributed by atoms with Gasteiger partial charge in [-0.3, -0.25) is 4.79 Å². The second kappa shape index (κ2) is 9.02. The lowest BCUT2D eigenvalue weighted by Gasteiger charge is -2.34. The highest BCUT2D eigenvalue weighted by Gasteiger charge is 2.21. The fourth-order valence-corrected chi connectivity index (χ4v) is 2.92. The molecule has 0 radical (unpaired) electrons. The van der Waals surface area contributed by atoms with Gasteiger partial charge < -0.3 is 19.3 Å². The van der Waals surface area contributed by atoms with Crippen LogP contribution in [0.4, 0.5) is 5.95 Å². The van der Waals surface area contributed by atoms with Gasteiger partial charge in [0, 0.05) is 44.6 Å². The van der Waals surface area contributed by atoms with Crippen LogP contribution in [0, 0.1) is 0 Å². The second-order valence-corrected chi connectivity index (χ2v) is 6.04. The SMILES string of the molecule is CCOc1cc(/C=C/C(=O)N2CCN(c3ncccn3)CC2)ccc1OC. The van der Waals surface area contributed by atoms with Crippen molar-refractivity contribution in [3.8, 4) is 11.5 Å². The van der Waals surface area contributed by atoms with Crippen molar-refractivity contribution in [3.63, 3.8) is 0 Å². The molecule has 27 heavy (non-hydrogen) atoms. The minimum Gasteiger partial charge on any atom is -0.493 e. The van der Waals surface area contributed by atoms with Gasteiger partial charge in [0.15, 0.2) is 11.5 Å². The Hall–Kier alpha value is -3.09. The van der Waals surface area contributed by atoms with Crippen molar-refractivity contribution in [2.75, 3.05) is 44.8 Å². The highest BCUT2D eigenvalue weighted by Crippen LogP contribution is 2.28. The Labute approximate surface area is 159 Å². The molecular weight excluding hydrogens is 344 g/mol. The van der Waals surface area contributed by atoms with E-state index >= 15 is 0 Å². The zero-order chi connectivity index (χ0) is 19.1. The third kappa shape index (κ3) is 4.75. The number of carbonyl (C=O) groups is 1. The molecule has 0 saturated carbocycles. The number of amides is 1. The molecule has 0 bridgehead atoms. The van der Waals surface area contributed by atoms with Gasteiger partial charge in [0.2, 0.25) is 11.9 Å². The molecule has 2 aromatic rings. The summed E-state index contributed by atoms with van der Waals surface area (Å²) in [5, 5.41) is 0. The molecule has 0 unspecified atom stereocenters. The first-order valence-corrected chi connectivity index (χ1v) is 9.01. The maximum absolute atomic E-state index is 12.5. The van der Waals surface area contributed by atoms with Crippen LogP contribution in [0.25, 0.3) is 6.08 Å². The number of piperazine rings is 1. The molecule has 7 heteroatoms. The predicted octanol–water partition coefficient (Wildman–Crippen LogP) is 2.25. The van der Waals surface area contributed by atoms with Gasteiger partial charge in [0.1, 0.15) is 0 Å². The Balaban J connectivity index is 1.58. The lowest BCUT2D eigenvalue weighted by molar-refractivity contribution is -0.126. The molecule has 7 nitrogen and oxygen atoms in total. The highest BCUT2D eigenvalue weighted by molar-refractivity contribution is 5.92. The van der Waals surface area contributed by atoms with Gasteiger partial charge in [-0.25, -0.2) is 9.97 Å². The number of nitrogens with zero attached hydrogens (tertiary/aromatic N) is 4. The summed E-state index contributed by atoms with van der Waals surface area (Å²) in [6.45, 7) is 5.22. The fourth-order valence-electron chi connectivity index (χ4n) is 2.92. The summed E-state index contributed by atoms with van der Waals surface area (Å²) in [5.41, 5.74) is 0.893. The summed E-state index contributed by atoms with van der Waals surface area (Å²) in [5.74, 6) is 2.06. The summed E-state index contributed by atoms with van der Waals surface area (Å²) >= 11 is 0. The first-order chi connectivity index (χ1) is 13.2. The van der Waals surface area contributed by atoms with E-state index in [1.807, 2.05) is 30.0 Å². The molecule has 1 amide bonds. The van der Waals surface area contributed by atoms with Crippen LogP contribution < -0.4 is 14.4 Å². The van der Waals surface area contributed by atoms with Crippen LogP contribution >= 0.6 is 0 Å².